The van der Waals surface area contributed by atoms with E-state index in [0.717, 1.165) is 0 Å². The van der Waals surface area contributed by atoms with Gasteiger partial charge in [0, 0.05) is 23.5 Å². The average Bonchev–Trinajstić information content (AvgIpc) is 3.16. The number of nitrogens with zero attached hydrogens (tertiary/aromatic N) is 2. The summed E-state index contributed by atoms with van der Waals surface area (Å²) in [4.78, 5) is 11.8. The van der Waals surface area contributed by atoms with Crippen LogP contribution in [0.15, 0.2) is 65.7 Å². The monoisotopic (exact) mass is 413 g/mol. The number of hydrogen-bond acceptors (Lipinski definition) is 5. The number of benzene rings is 2. The molecule has 152 valence electrons. The van der Waals surface area contributed by atoms with Gasteiger partial charge in [0.05, 0.1) is 12.2 Å². The highest BCUT2D eigenvalue weighted by Gasteiger charge is 2.24. The largest absolute Gasteiger partial charge is 0.462 e. The summed E-state index contributed by atoms with van der Waals surface area (Å²) in [6.07, 6.45) is 1.53. The maximum atomic E-state index is 13.1. The Bertz CT molecular complexity index is 1090. The van der Waals surface area contributed by atoms with Crippen LogP contribution in [0.4, 0.5) is 5.69 Å². The summed E-state index contributed by atoms with van der Waals surface area (Å²) < 4.78 is 35.3. The molecule has 0 radical (unpaired) electrons. The second kappa shape index (κ2) is 8.48. The predicted octanol–water partition coefficient (Wildman–Crippen LogP) is 4.11. The third-order valence-electron chi connectivity index (χ3n) is 4.21. The quantitative estimate of drug-likeness (QED) is 0.589. The Hall–Kier alpha value is -3.13. The molecule has 0 saturated carbocycles. The van der Waals surface area contributed by atoms with Crippen LogP contribution < -0.4 is 4.72 Å². The maximum Gasteiger partial charge on any atom is 0.338 e. The summed E-state index contributed by atoms with van der Waals surface area (Å²) in [6.45, 7) is 5.86. The highest BCUT2D eigenvalue weighted by Crippen LogP contribution is 2.28. The minimum atomic E-state index is -3.90. The van der Waals surface area contributed by atoms with Gasteiger partial charge < -0.3 is 4.74 Å². The van der Waals surface area contributed by atoms with E-state index >= 15 is 0 Å². The second-order valence-electron chi connectivity index (χ2n) is 6.69. The van der Waals surface area contributed by atoms with E-state index in [4.69, 9.17) is 4.74 Å². The molecule has 0 unspecified atom stereocenters. The number of carbonyl (C=O) groups excluding carboxylic acids is 1. The first kappa shape index (κ1) is 20.6. The predicted molar refractivity (Wildman–Crippen MR) is 111 cm³/mol. The van der Waals surface area contributed by atoms with Crippen LogP contribution in [-0.2, 0) is 14.8 Å². The Balaban J connectivity index is 1.94. The third kappa shape index (κ3) is 4.65. The summed E-state index contributed by atoms with van der Waals surface area (Å²) in [6, 6.07) is 15.3. The number of hydrogen-bond donors (Lipinski definition) is 1. The first-order valence-corrected chi connectivity index (χ1v) is 10.7. The van der Waals surface area contributed by atoms with E-state index in [0.29, 0.717) is 22.5 Å². The zero-order valence-corrected chi connectivity index (χ0v) is 17.3. The van der Waals surface area contributed by atoms with Crippen LogP contribution in [-0.4, -0.2) is 30.8 Å². The fraction of sp³-hybridized carbons (Fsp3) is 0.238. The van der Waals surface area contributed by atoms with Gasteiger partial charge in [-0.1, -0.05) is 30.3 Å². The van der Waals surface area contributed by atoms with Gasteiger partial charge in [0.1, 0.15) is 10.6 Å². The number of anilines is 1. The van der Waals surface area contributed by atoms with Crippen molar-refractivity contribution in [2.75, 3.05) is 11.3 Å². The molecule has 0 aliphatic rings. The molecule has 3 rings (SSSR count). The molecule has 7 nitrogen and oxygen atoms in total. The fourth-order valence-corrected chi connectivity index (χ4v) is 3.95. The molecule has 3 aromatic rings. The number of esters is 1. The number of nitrogens with one attached hydrogen (secondary N) is 1. The first-order valence-electron chi connectivity index (χ1n) is 9.26. The van der Waals surface area contributed by atoms with Gasteiger partial charge in [0.15, 0.2) is 0 Å². The molecule has 8 heteroatoms. The molecule has 0 amide bonds. The summed E-state index contributed by atoms with van der Waals surface area (Å²) in [5.41, 5.74) is 1.79. The van der Waals surface area contributed by atoms with Gasteiger partial charge in [-0.2, -0.15) is 5.10 Å². The van der Waals surface area contributed by atoms with Gasteiger partial charge in [-0.15, -0.1) is 0 Å². The summed E-state index contributed by atoms with van der Waals surface area (Å²) in [5.74, 6) is -0.452. The van der Waals surface area contributed by atoms with Crippen molar-refractivity contribution in [3.8, 4) is 11.3 Å². The minimum Gasteiger partial charge on any atom is -0.462 e. The van der Waals surface area contributed by atoms with Crippen LogP contribution in [0.25, 0.3) is 11.3 Å². The average molecular weight is 413 g/mol. The van der Waals surface area contributed by atoms with Gasteiger partial charge in [0.2, 0.25) is 0 Å². The van der Waals surface area contributed by atoms with Crippen molar-refractivity contribution in [2.45, 2.75) is 31.7 Å². The lowest BCUT2D eigenvalue weighted by molar-refractivity contribution is 0.0526. The fourth-order valence-electron chi connectivity index (χ4n) is 2.73. The number of sulfonamides is 1. The van der Waals surface area contributed by atoms with Crippen molar-refractivity contribution in [2.24, 2.45) is 0 Å². The first-order chi connectivity index (χ1) is 13.8. The lowest BCUT2D eigenvalue weighted by Crippen LogP contribution is -2.13. The molecule has 1 aromatic heterocycles. The molecule has 0 fully saturated rings. The van der Waals surface area contributed by atoms with E-state index in [1.807, 2.05) is 44.2 Å². The second-order valence-corrected chi connectivity index (χ2v) is 8.34. The van der Waals surface area contributed by atoms with Gasteiger partial charge in [-0.05, 0) is 45.0 Å². The van der Waals surface area contributed by atoms with Crippen molar-refractivity contribution in [1.29, 1.82) is 0 Å². The Morgan fingerprint density at radius 2 is 1.76 bits per heavy atom. The highest BCUT2D eigenvalue weighted by molar-refractivity contribution is 7.92. The van der Waals surface area contributed by atoms with Crippen LogP contribution in [0.3, 0.4) is 0 Å². The van der Waals surface area contributed by atoms with Crippen LogP contribution in [0.2, 0.25) is 0 Å². The van der Waals surface area contributed by atoms with Crippen molar-refractivity contribution in [3.63, 3.8) is 0 Å². The Morgan fingerprint density at radius 1 is 1.10 bits per heavy atom. The smallest absolute Gasteiger partial charge is 0.338 e. The lowest BCUT2D eigenvalue weighted by atomic mass is 10.2. The van der Waals surface area contributed by atoms with Gasteiger partial charge >= 0.3 is 5.97 Å². The molecule has 1 heterocycles. The molecular formula is C21H23N3O4S. The van der Waals surface area contributed by atoms with Crippen LogP contribution in [0.5, 0.6) is 0 Å². The topological polar surface area (TPSA) is 90.3 Å². The molecule has 0 atom stereocenters. The zero-order chi connectivity index (χ0) is 21.0. The van der Waals surface area contributed by atoms with Gasteiger partial charge in [0.25, 0.3) is 10.0 Å². The Kier molecular flexibility index (Phi) is 6.03. The third-order valence-corrected chi connectivity index (χ3v) is 5.59. The lowest BCUT2D eigenvalue weighted by Gasteiger charge is -2.09. The zero-order valence-electron chi connectivity index (χ0n) is 16.5. The van der Waals surface area contributed by atoms with E-state index < -0.39 is 16.0 Å². The number of ether oxygens (including phenoxy) is 1. The minimum absolute atomic E-state index is 0.00488. The van der Waals surface area contributed by atoms with Crippen LogP contribution in [0.1, 0.15) is 37.2 Å². The molecule has 0 aliphatic heterocycles. The molecule has 1 N–H and O–H groups in total. The molecule has 0 aliphatic carbocycles. The van der Waals surface area contributed by atoms with Gasteiger partial charge in [-0.3, -0.25) is 9.40 Å². The molecule has 0 saturated heterocycles. The van der Waals surface area contributed by atoms with E-state index in [9.17, 15) is 13.2 Å². The Morgan fingerprint density at radius 3 is 2.34 bits per heavy atom. The Labute approximate surface area is 170 Å². The van der Waals surface area contributed by atoms with Crippen molar-refractivity contribution in [1.82, 2.24) is 9.78 Å². The SMILES string of the molecule is CCOC(=O)c1ccc(NS(=O)(=O)c2cn(C(C)C)nc2-c2ccccc2)cc1. The van der Waals surface area contributed by atoms with Crippen LogP contribution in [0, 0.1) is 0 Å². The molecule has 29 heavy (non-hydrogen) atoms. The van der Waals surface area contributed by atoms with E-state index in [-0.39, 0.29) is 17.5 Å². The van der Waals surface area contributed by atoms with Crippen molar-refractivity contribution < 1.29 is 17.9 Å². The van der Waals surface area contributed by atoms with Crippen molar-refractivity contribution >= 4 is 21.7 Å². The number of rotatable bonds is 7. The standard InChI is InChI=1S/C21H23N3O4S/c1-4-28-21(25)17-10-12-18(13-11-17)23-29(26,27)19-14-24(15(2)3)22-20(19)16-8-6-5-7-9-16/h5-15,23H,4H2,1-3H3. The molecular weight excluding hydrogens is 390 g/mol. The van der Waals surface area contributed by atoms with Crippen molar-refractivity contribution in [3.05, 3.63) is 66.4 Å². The van der Waals surface area contributed by atoms with Crippen LogP contribution >= 0.6 is 0 Å². The summed E-state index contributed by atoms with van der Waals surface area (Å²) in [5, 5.41) is 4.48. The van der Waals surface area contributed by atoms with E-state index in [1.54, 1.807) is 11.6 Å². The maximum absolute atomic E-state index is 13.1. The molecule has 0 spiro atoms. The van der Waals surface area contributed by atoms with Gasteiger partial charge in [-0.25, -0.2) is 13.2 Å². The normalized spacial score (nSPS) is 11.4. The summed E-state index contributed by atoms with van der Waals surface area (Å²) in [7, 11) is -3.90. The number of aromatic nitrogens is 2. The van der Waals surface area contributed by atoms with E-state index in [1.165, 1.54) is 30.5 Å². The highest BCUT2D eigenvalue weighted by atomic mass is 32.2. The summed E-state index contributed by atoms with van der Waals surface area (Å²) >= 11 is 0. The number of carbonyl (C=O) groups is 1. The molecule has 2 aromatic carbocycles. The molecule has 0 bridgehead atoms. The van der Waals surface area contributed by atoms with E-state index in [2.05, 4.69) is 9.82 Å².